The highest BCUT2D eigenvalue weighted by Gasteiger charge is 2.32. The molecule has 5 rings (SSSR count). The smallest absolute Gasteiger partial charge is 0.306 e. The zero-order chi connectivity index (χ0) is 22.4. The average molecular weight is 443 g/mol. The van der Waals surface area contributed by atoms with E-state index in [0.717, 1.165) is 17.5 Å². The van der Waals surface area contributed by atoms with Crippen molar-refractivity contribution in [2.45, 2.75) is 31.4 Å². The summed E-state index contributed by atoms with van der Waals surface area (Å²) in [4.78, 5) is 11.4. The number of carboxylic acids is 1. The predicted octanol–water partition coefficient (Wildman–Crippen LogP) is 5.16. The van der Waals surface area contributed by atoms with Crippen molar-refractivity contribution in [2.24, 2.45) is 0 Å². The summed E-state index contributed by atoms with van der Waals surface area (Å²) < 4.78 is 50.6. The number of aromatic nitrogens is 3. The van der Waals surface area contributed by atoms with Crippen molar-refractivity contribution in [3.05, 3.63) is 59.4 Å². The Kier molecular flexibility index (Phi) is 5.13. The van der Waals surface area contributed by atoms with Gasteiger partial charge in [-0.25, -0.2) is 13.2 Å². The zero-order valence-corrected chi connectivity index (χ0v) is 16.9. The van der Waals surface area contributed by atoms with Gasteiger partial charge in [-0.2, -0.15) is 5.10 Å². The number of H-pyrrole nitrogens is 1. The van der Waals surface area contributed by atoms with E-state index >= 15 is 4.39 Å². The van der Waals surface area contributed by atoms with Crippen molar-refractivity contribution >= 4 is 27.8 Å². The number of aliphatic carboxylic acids is 1. The number of nitrogens with one attached hydrogen (secondary N) is 1. The molecule has 0 radical (unpaired) electrons. The molecule has 1 atom stereocenters. The molecule has 4 aromatic rings. The number of nitrogens with zero attached hydrogens (tertiary/aromatic N) is 2. The number of carboxylic acid groups (broad SMARTS) is 1. The number of benzene rings is 2. The van der Waals surface area contributed by atoms with Crippen molar-refractivity contribution in [3.63, 3.8) is 0 Å². The second-order valence-corrected chi connectivity index (χ2v) is 8.01. The van der Waals surface area contributed by atoms with Crippen LogP contribution in [0.5, 0.6) is 0 Å². The van der Waals surface area contributed by atoms with Crippen molar-refractivity contribution in [3.8, 4) is 5.69 Å². The summed E-state index contributed by atoms with van der Waals surface area (Å²) in [5.74, 6) is -3.39. The Morgan fingerprint density at radius 3 is 2.72 bits per heavy atom. The van der Waals surface area contributed by atoms with E-state index in [4.69, 9.17) is 4.74 Å². The molecule has 1 fully saturated rings. The summed E-state index contributed by atoms with van der Waals surface area (Å²) in [7, 11) is 0. The van der Waals surface area contributed by atoms with E-state index < -0.39 is 30.2 Å². The summed E-state index contributed by atoms with van der Waals surface area (Å²) in [6.07, 6.45) is 0.349. The van der Waals surface area contributed by atoms with E-state index in [9.17, 15) is 18.7 Å². The van der Waals surface area contributed by atoms with Crippen LogP contribution in [0, 0.1) is 11.6 Å². The number of hydrogen-bond acceptors (Lipinski definition) is 3. The summed E-state index contributed by atoms with van der Waals surface area (Å²) in [6, 6.07) is 7.08. The largest absolute Gasteiger partial charge is 0.481 e. The number of fused-ring (bicyclic) bond motifs is 2. The molecule has 1 saturated heterocycles. The summed E-state index contributed by atoms with van der Waals surface area (Å²) in [5, 5.41) is 17.4. The highest BCUT2D eigenvalue weighted by molar-refractivity contribution is 5.99. The second kappa shape index (κ2) is 7.98. The number of alkyl halides is 1. The second-order valence-electron chi connectivity index (χ2n) is 8.01. The fraction of sp³-hybridized carbons (Fsp3) is 0.304. The molecule has 0 bridgehead atoms. The molecule has 1 aliphatic rings. The maximum absolute atomic E-state index is 15.5. The predicted molar refractivity (Wildman–Crippen MR) is 112 cm³/mol. The van der Waals surface area contributed by atoms with Crippen LogP contribution < -0.4 is 0 Å². The molecule has 0 saturated carbocycles. The molecule has 32 heavy (non-hydrogen) atoms. The van der Waals surface area contributed by atoms with E-state index in [2.05, 4.69) is 10.2 Å². The van der Waals surface area contributed by atoms with Gasteiger partial charge in [0, 0.05) is 52.9 Å². The molecule has 166 valence electrons. The third kappa shape index (κ3) is 3.42. The van der Waals surface area contributed by atoms with Gasteiger partial charge in [-0.05, 0) is 37.1 Å². The highest BCUT2D eigenvalue weighted by Crippen LogP contribution is 2.44. The summed E-state index contributed by atoms with van der Waals surface area (Å²) in [6.45, 7) is 0.952. The minimum Gasteiger partial charge on any atom is -0.481 e. The molecule has 0 aliphatic carbocycles. The molecule has 3 heterocycles. The Morgan fingerprint density at radius 2 is 2.00 bits per heavy atom. The SMILES string of the molecule is O=C(O)C[C@@H](F)c1c(C2CCOCC2)n(-c2ccc(F)c(F)c2)c2cc3cn[nH]c3cc12. The molecule has 6 nitrogen and oxygen atoms in total. The first-order valence-electron chi connectivity index (χ1n) is 10.3. The van der Waals surface area contributed by atoms with E-state index in [-0.39, 0.29) is 11.5 Å². The molecule has 0 amide bonds. The summed E-state index contributed by atoms with van der Waals surface area (Å²) >= 11 is 0. The lowest BCUT2D eigenvalue weighted by molar-refractivity contribution is -0.138. The fourth-order valence-corrected chi connectivity index (χ4v) is 4.63. The first-order chi connectivity index (χ1) is 15.4. The lowest BCUT2D eigenvalue weighted by Gasteiger charge is -2.26. The Hall–Kier alpha value is -3.33. The Bertz CT molecular complexity index is 1320. The summed E-state index contributed by atoms with van der Waals surface area (Å²) in [5.41, 5.74) is 2.42. The monoisotopic (exact) mass is 443 g/mol. The topological polar surface area (TPSA) is 80.1 Å². The molecular formula is C23H20F3N3O3. The number of halogens is 3. The Labute approximate surface area is 180 Å². The van der Waals surface area contributed by atoms with Gasteiger partial charge >= 0.3 is 5.97 Å². The lowest BCUT2D eigenvalue weighted by atomic mass is 9.90. The Balaban J connectivity index is 1.87. The van der Waals surface area contributed by atoms with Gasteiger partial charge < -0.3 is 14.4 Å². The molecule has 0 unspecified atom stereocenters. The van der Waals surface area contributed by atoms with Gasteiger partial charge in [0.05, 0.1) is 23.7 Å². The first kappa shape index (κ1) is 20.6. The molecular weight excluding hydrogens is 423 g/mol. The molecule has 0 spiro atoms. The fourth-order valence-electron chi connectivity index (χ4n) is 4.63. The quantitative estimate of drug-likeness (QED) is 0.446. The number of hydrogen-bond donors (Lipinski definition) is 2. The van der Waals surface area contributed by atoms with Crippen LogP contribution in [0.25, 0.3) is 27.5 Å². The van der Waals surface area contributed by atoms with Crippen LogP contribution in [-0.4, -0.2) is 39.1 Å². The maximum Gasteiger partial charge on any atom is 0.306 e. The van der Waals surface area contributed by atoms with Crippen LogP contribution in [0.15, 0.2) is 36.5 Å². The first-order valence-corrected chi connectivity index (χ1v) is 10.3. The van der Waals surface area contributed by atoms with Crippen molar-refractivity contribution < 1.29 is 27.8 Å². The van der Waals surface area contributed by atoms with E-state index in [1.165, 1.54) is 6.07 Å². The number of aromatic amines is 1. The van der Waals surface area contributed by atoms with Crippen molar-refractivity contribution in [1.29, 1.82) is 0 Å². The van der Waals surface area contributed by atoms with E-state index in [1.807, 2.05) is 0 Å². The number of carbonyl (C=O) groups is 1. The third-order valence-corrected chi connectivity index (χ3v) is 6.04. The maximum atomic E-state index is 15.5. The molecule has 2 aromatic carbocycles. The van der Waals surface area contributed by atoms with Crippen LogP contribution in [0.4, 0.5) is 13.2 Å². The third-order valence-electron chi connectivity index (χ3n) is 6.04. The van der Waals surface area contributed by atoms with E-state index in [0.29, 0.717) is 53.9 Å². The minimum absolute atomic E-state index is 0.136. The average Bonchev–Trinajstić information content (AvgIpc) is 3.36. The van der Waals surface area contributed by atoms with Gasteiger partial charge in [0.1, 0.15) is 6.17 Å². The standard InChI is InChI=1S/C23H20F3N3O3/c24-16-2-1-14(8-17(16)25)29-20-7-13-11-27-28-19(13)9-15(20)22(18(26)10-21(30)31)23(29)12-3-5-32-6-4-12/h1-2,7-9,11-12,18H,3-6,10H2,(H,27,28)(H,30,31)/t18-/m1/s1. The van der Waals surface area contributed by atoms with Gasteiger partial charge in [-0.1, -0.05) is 0 Å². The van der Waals surface area contributed by atoms with Gasteiger partial charge in [0.25, 0.3) is 0 Å². The van der Waals surface area contributed by atoms with Gasteiger partial charge in [0.15, 0.2) is 11.6 Å². The molecule has 2 N–H and O–H groups in total. The Morgan fingerprint density at radius 1 is 1.22 bits per heavy atom. The van der Waals surface area contributed by atoms with E-state index in [1.54, 1.807) is 22.9 Å². The van der Waals surface area contributed by atoms with Crippen LogP contribution in [-0.2, 0) is 9.53 Å². The molecule has 2 aromatic heterocycles. The molecule has 9 heteroatoms. The lowest BCUT2D eigenvalue weighted by Crippen LogP contribution is -2.19. The van der Waals surface area contributed by atoms with Crippen LogP contribution in [0.2, 0.25) is 0 Å². The minimum atomic E-state index is -1.78. The highest BCUT2D eigenvalue weighted by atomic mass is 19.2. The van der Waals surface area contributed by atoms with Gasteiger partial charge in [0.2, 0.25) is 0 Å². The normalized spacial score (nSPS) is 16.1. The van der Waals surface area contributed by atoms with Gasteiger partial charge in [-0.3, -0.25) is 9.89 Å². The molecule has 1 aliphatic heterocycles. The van der Waals surface area contributed by atoms with Gasteiger partial charge in [-0.15, -0.1) is 0 Å². The van der Waals surface area contributed by atoms with Crippen LogP contribution in [0.1, 0.15) is 42.6 Å². The van der Waals surface area contributed by atoms with Crippen LogP contribution >= 0.6 is 0 Å². The number of rotatable bonds is 5. The van der Waals surface area contributed by atoms with Crippen molar-refractivity contribution in [1.82, 2.24) is 14.8 Å². The van der Waals surface area contributed by atoms with Crippen molar-refractivity contribution in [2.75, 3.05) is 13.2 Å². The zero-order valence-electron chi connectivity index (χ0n) is 16.9. The number of ether oxygens (including phenoxy) is 1. The van der Waals surface area contributed by atoms with Crippen LogP contribution in [0.3, 0.4) is 0 Å².